The molecule has 1 aromatic rings. The number of hydrogen-bond acceptors (Lipinski definition) is 2. The molecular formula is C12H17ClO2S. The van der Waals surface area contributed by atoms with E-state index in [4.69, 9.17) is 11.6 Å². The van der Waals surface area contributed by atoms with Gasteiger partial charge in [-0.05, 0) is 31.4 Å². The first-order valence-corrected chi connectivity index (χ1v) is 7.65. The van der Waals surface area contributed by atoms with E-state index in [9.17, 15) is 8.42 Å². The van der Waals surface area contributed by atoms with Gasteiger partial charge >= 0.3 is 0 Å². The van der Waals surface area contributed by atoms with Crippen molar-refractivity contribution in [3.63, 3.8) is 0 Å². The van der Waals surface area contributed by atoms with E-state index in [1.54, 1.807) is 0 Å². The largest absolute Gasteiger partial charge is 0.229 e. The summed E-state index contributed by atoms with van der Waals surface area (Å²) in [5.41, 5.74) is 3.46. The van der Waals surface area contributed by atoms with E-state index in [1.165, 1.54) is 11.8 Å². The molecule has 0 aromatic heterocycles. The summed E-state index contributed by atoms with van der Waals surface area (Å²) in [6.07, 6.45) is 1.81. The maximum atomic E-state index is 11.1. The van der Waals surface area contributed by atoms with Crippen molar-refractivity contribution in [2.24, 2.45) is 0 Å². The summed E-state index contributed by atoms with van der Waals surface area (Å²) in [6.45, 7) is 4.03. The van der Waals surface area contributed by atoms with Crippen LogP contribution in [0.4, 0.5) is 0 Å². The predicted molar refractivity (Wildman–Crippen MR) is 69.0 cm³/mol. The molecule has 1 atom stereocenters. The van der Waals surface area contributed by atoms with Crippen molar-refractivity contribution in [2.45, 2.75) is 25.6 Å². The van der Waals surface area contributed by atoms with Gasteiger partial charge in [-0.2, -0.15) is 0 Å². The van der Waals surface area contributed by atoms with Crippen molar-refractivity contribution in [3.8, 4) is 0 Å². The molecule has 1 rings (SSSR count). The van der Waals surface area contributed by atoms with Gasteiger partial charge in [0.15, 0.2) is 0 Å². The number of halogens is 1. The fraction of sp³-hybridized carbons (Fsp3) is 0.500. The molecule has 2 nitrogen and oxygen atoms in total. The van der Waals surface area contributed by atoms with E-state index in [0.717, 1.165) is 11.1 Å². The number of aryl methyl sites for hydroxylation is 2. The van der Waals surface area contributed by atoms with Crippen LogP contribution in [0.3, 0.4) is 0 Å². The summed E-state index contributed by atoms with van der Waals surface area (Å²) in [4.78, 5) is 0. The molecule has 1 unspecified atom stereocenters. The highest BCUT2D eigenvalue weighted by molar-refractivity contribution is 7.90. The number of sulfone groups is 1. The second kappa shape index (κ2) is 5.19. The highest BCUT2D eigenvalue weighted by Crippen LogP contribution is 2.16. The van der Waals surface area contributed by atoms with Crippen LogP contribution in [-0.4, -0.2) is 25.8 Å². The molecule has 90 valence electrons. The fourth-order valence-corrected chi connectivity index (χ4v) is 3.27. The average molecular weight is 261 g/mol. The molecule has 1 aromatic carbocycles. The van der Waals surface area contributed by atoms with E-state index in [0.29, 0.717) is 6.42 Å². The molecule has 0 aliphatic rings. The zero-order valence-corrected chi connectivity index (χ0v) is 11.4. The van der Waals surface area contributed by atoms with Crippen LogP contribution in [0, 0.1) is 13.8 Å². The van der Waals surface area contributed by atoms with E-state index in [1.807, 2.05) is 26.0 Å². The van der Waals surface area contributed by atoms with Crippen molar-refractivity contribution in [3.05, 3.63) is 34.9 Å². The third-order valence-corrected chi connectivity index (χ3v) is 3.93. The molecule has 0 heterocycles. The molecule has 0 aliphatic heterocycles. The average Bonchev–Trinajstić information content (AvgIpc) is 2.08. The molecule has 0 N–H and O–H groups in total. The standard InChI is InChI=1S/C12H17ClO2S/c1-9-4-5-10(2)11(6-9)7-12(13)8-16(3,14)15/h4-6,12H,7-8H2,1-3H3. The first-order valence-electron chi connectivity index (χ1n) is 5.16. The Morgan fingerprint density at radius 2 is 1.94 bits per heavy atom. The Bertz CT molecular complexity index is 466. The molecule has 4 heteroatoms. The molecule has 0 fully saturated rings. The predicted octanol–water partition coefficient (Wildman–Crippen LogP) is 2.50. The van der Waals surface area contributed by atoms with Gasteiger partial charge in [-0.3, -0.25) is 0 Å². The van der Waals surface area contributed by atoms with E-state index < -0.39 is 9.84 Å². The van der Waals surface area contributed by atoms with E-state index in [2.05, 4.69) is 6.07 Å². The minimum absolute atomic E-state index is 0.0297. The Labute approximate surface area is 103 Å². The maximum absolute atomic E-state index is 11.1. The third-order valence-electron chi connectivity index (χ3n) is 2.43. The highest BCUT2D eigenvalue weighted by atomic mass is 35.5. The minimum atomic E-state index is -3.00. The lowest BCUT2D eigenvalue weighted by atomic mass is 10.0. The van der Waals surface area contributed by atoms with Crippen LogP contribution in [0.5, 0.6) is 0 Å². The normalized spacial score (nSPS) is 13.8. The van der Waals surface area contributed by atoms with Gasteiger partial charge in [0, 0.05) is 6.26 Å². The van der Waals surface area contributed by atoms with Crippen molar-refractivity contribution in [1.29, 1.82) is 0 Å². The Hall–Kier alpha value is -0.540. The third kappa shape index (κ3) is 4.54. The van der Waals surface area contributed by atoms with Gasteiger partial charge in [-0.25, -0.2) is 8.42 Å². The summed E-state index contributed by atoms with van der Waals surface area (Å²) in [6, 6.07) is 6.14. The number of benzene rings is 1. The number of rotatable bonds is 4. The molecule has 0 radical (unpaired) electrons. The smallest absolute Gasteiger partial charge is 0.148 e. The van der Waals surface area contributed by atoms with Gasteiger partial charge in [-0.15, -0.1) is 11.6 Å². The Kier molecular flexibility index (Phi) is 4.39. The second-order valence-electron chi connectivity index (χ2n) is 4.32. The summed E-state index contributed by atoms with van der Waals surface area (Å²) < 4.78 is 22.2. The van der Waals surface area contributed by atoms with Crippen LogP contribution in [0.1, 0.15) is 16.7 Å². The van der Waals surface area contributed by atoms with Crippen molar-refractivity contribution in [2.75, 3.05) is 12.0 Å². The molecule has 16 heavy (non-hydrogen) atoms. The molecule has 0 amide bonds. The topological polar surface area (TPSA) is 34.1 Å². The van der Waals surface area contributed by atoms with Crippen LogP contribution in [0.15, 0.2) is 18.2 Å². The summed E-state index contributed by atoms with van der Waals surface area (Å²) in [7, 11) is -3.00. The van der Waals surface area contributed by atoms with Crippen LogP contribution >= 0.6 is 11.6 Å². The van der Waals surface area contributed by atoms with Crippen molar-refractivity contribution < 1.29 is 8.42 Å². The lowest BCUT2D eigenvalue weighted by Crippen LogP contribution is -2.17. The highest BCUT2D eigenvalue weighted by Gasteiger charge is 2.14. The van der Waals surface area contributed by atoms with Gasteiger partial charge in [0.2, 0.25) is 0 Å². The lowest BCUT2D eigenvalue weighted by molar-refractivity contribution is 0.599. The fourth-order valence-electron chi connectivity index (χ4n) is 1.65. The first kappa shape index (κ1) is 13.5. The molecule has 0 spiro atoms. The maximum Gasteiger partial charge on any atom is 0.148 e. The van der Waals surface area contributed by atoms with Crippen LogP contribution in [0.25, 0.3) is 0 Å². The Morgan fingerprint density at radius 1 is 1.31 bits per heavy atom. The van der Waals surface area contributed by atoms with Crippen LogP contribution in [0.2, 0.25) is 0 Å². The van der Waals surface area contributed by atoms with Crippen LogP contribution in [-0.2, 0) is 16.3 Å². The van der Waals surface area contributed by atoms with E-state index >= 15 is 0 Å². The minimum Gasteiger partial charge on any atom is -0.229 e. The first-order chi connectivity index (χ1) is 7.28. The summed E-state index contributed by atoms with van der Waals surface area (Å²) in [5.74, 6) is 0.0297. The number of alkyl halides is 1. The quantitative estimate of drug-likeness (QED) is 0.780. The zero-order chi connectivity index (χ0) is 12.3. The molecule has 0 saturated heterocycles. The Morgan fingerprint density at radius 3 is 2.50 bits per heavy atom. The van der Waals surface area contributed by atoms with Gasteiger partial charge < -0.3 is 0 Å². The monoisotopic (exact) mass is 260 g/mol. The molecule has 0 bridgehead atoms. The van der Waals surface area contributed by atoms with Crippen molar-refractivity contribution in [1.82, 2.24) is 0 Å². The Balaban J connectivity index is 2.77. The van der Waals surface area contributed by atoms with E-state index in [-0.39, 0.29) is 11.1 Å². The SMILES string of the molecule is Cc1ccc(C)c(CC(Cl)CS(C)(=O)=O)c1. The van der Waals surface area contributed by atoms with Crippen LogP contribution < -0.4 is 0 Å². The zero-order valence-electron chi connectivity index (χ0n) is 9.83. The number of hydrogen-bond donors (Lipinski definition) is 0. The van der Waals surface area contributed by atoms with Gasteiger partial charge in [0.1, 0.15) is 9.84 Å². The van der Waals surface area contributed by atoms with Gasteiger partial charge in [-0.1, -0.05) is 23.8 Å². The van der Waals surface area contributed by atoms with Crippen molar-refractivity contribution >= 4 is 21.4 Å². The molecule has 0 aliphatic carbocycles. The van der Waals surface area contributed by atoms with Gasteiger partial charge in [0.25, 0.3) is 0 Å². The lowest BCUT2D eigenvalue weighted by Gasteiger charge is -2.11. The molecular weight excluding hydrogens is 244 g/mol. The summed E-state index contributed by atoms with van der Waals surface area (Å²) in [5, 5.41) is -0.351. The summed E-state index contributed by atoms with van der Waals surface area (Å²) >= 11 is 6.05. The van der Waals surface area contributed by atoms with Gasteiger partial charge in [0.05, 0.1) is 11.1 Å². The molecule has 0 saturated carbocycles. The second-order valence-corrected chi connectivity index (χ2v) is 7.13.